The number of rotatable bonds is 10. The van der Waals surface area contributed by atoms with Crippen LogP contribution in [0.5, 0.6) is 0 Å². The molecule has 0 saturated heterocycles. The highest BCUT2D eigenvalue weighted by Gasteiger charge is 2.33. The highest BCUT2D eigenvalue weighted by atomic mass is 15.0. The molecular formula is C62H44N4. The van der Waals surface area contributed by atoms with Crippen LogP contribution in [0.15, 0.2) is 255 Å². The van der Waals surface area contributed by atoms with Gasteiger partial charge in [0.2, 0.25) is 0 Å². The monoisotopic (exact) mass is 844 g/mol. The lowest BCUT2D eigenvalue weighted by molar-refractivity contribution is 0.787. The molecule has 0 fully saturated rings. The SMILES string of the molecule is c1ccc(C2=C(c3ccccc3)C(c3ccc(-c4ccc(-c5nc(-c6ccccc6)nc(-c6cccc(-c7ccccc7)c6)n5)cc4)cc3)=C(c3ccccc3)C(c3ccccc3)N2)cc1. The minimum atomic E-state index is -0.107. The van der Waals surface area contributed by atoms with Gasteiger partial charge in [-0.25, -0.2) is 15.0 Å². The van der Waals surface area contributed by atoms with Crippen LogP contribution in [0.4, 0.5) is 0 Å². The third kappa shape index (κ3) is 8.16. The van der Waals surface area contributed by atoms with Gasteiger partial charge in [0.1, 0.15) is 0 Å². The average molecular weight is 845 g/mol. The first kappa shape index (κ1) is 40.1. The Morgan fingerprint density at radius 1 is 0.258 bits per heavy atom. The van der Waals surface area contributed by atoms with E-state index in [1.165, 1.54) is 27.8 Å². The van der Waals surface area contributed by atoms with E-state index >= 15 is 0 Å². The summed E-state index contributed by atoms with van der Waals surface area (Å²) in [6, 6.07) is 89.6. The van der Waals surface area contributed by atoms with E-state index in [0.717, 1.165) is 61.3 Å². The standard InChI is InChI=1S/C62H44N4/c1-7-20-43(21-8-1)53-32-19-33-54(42-53)62-65-60(51-30-17-6-18-31-51)64-61(66-62)52-40-36-45(37-41-52)44-34-38-48(39-35-44)55-56(46-22-9-2-10-23-46)58(49-26-13-4-14-27-49)63-59(50-28-15-5-16-29-50)57(55)47-24-11-3-12-25-47/h1-42,58,63H. The molecule has 0 spiro atoms. The fourth-order valence-electron chi connectivity index (χ4n) is 9.00. The van der Waals surface area contributed by atoms with E-state index in [-0.39, 0.29) is 6.04 Å². The smallest absolute Gasteiger partial charge is 0.164 e. The number of nitrogens with one attached hydrogen (secondary N) is 1. The third-order valence-corrected chi connectivity index (χ3v) is 12.2. The van der Waals surface area contributed by atoms with Crippen molar-refractivity contribution < 1.29 is 0 Å². The molecule has 10 aromatic rings. The van der Waals surface area contributed by atoms with Crippen LogP contribution in [-0.4, -0.2) is 15.0 Å². The van der Waals surface area contributed by atoms with Gasteiger partial charge >= 0.3 is 0 Å². The predicted molar refractivity (Wildman–Crippen MR) is 272 cm³/mol. The fraction of sp³-hybridized carbons (Fsp3) is 0.0161. The first-order valence-corrected chi connectivity index (χ1v) is 22.4. The summed E-state index contributed by atoms with van der Waals surface area (Å²) in [7, 11) is 0. The van der Waals surface area contributed by atoms with Gasteiger partial charge < -0.3 is 5.32 Å². The maximum atomic E-state index is 5.08. The lowest BCUT2D eigenvalue weighted by atomic mass is 9.77. The van der Waals surface area contributed by atoms with Gasteiger partial charge in [-0.3, -0.25) is 0 Å². The number of dihydropyridines is 1. The summed E-state index contributed by atoms with van der Waals surface area (Å²) >= 11 is 0. The summed E-state index contributed by atoms with van der Waals surface area (Å²) in [6.07, 6.45) is 0. The number of nitrogens with zero attached hydrogens (tertiary/aromatic N) is 3. The zero-order chi connectivity index (χ0) is 44.1. The summed E-state index contributed by atoms with van der Waals surface area (Å²) in [5.74, 6) is 1.89. The first-order chi connectivity index (χ1) is 32.7. The Morgan fingerprint density at radius 3 is 1.15 bits per heavy atom. The third-order valence-electron chi connectivity index (χ3n) is 12.2. The molecule has 1 unspecified atom stereocenters. The molecule has 0 saturated carbocycles. The van der Waals surface area contributed by atoms with Gasteiger partial charge in [0.25, 0.3) is 0 Å². The average Bonchev–Trinajstić information content (AvgIpc) is 3.42. The van der Waals surface area contributed by atoms with Crippen LogP contribution in [0, 0.1) is 0 Å². The maximum absolute atomic E-state index is 5.08. The van der Waals surface area contributed by atoms with Crippen LogP contribution in [0.2, 0.25) is 0 Å². The van der Waals surface area contributed by atoms with E-state index in [9.17, 15) is 0 Å². The maximum Gasteiger partial charge on any atom is 0.164 e. The zero-order valence-corrected chi connectivity index (χ0v) is 36.2. The molecule has 0 radical (unpaired) electrons. The second-order valence-corrected chi connectivity index (χ2v) is 16.4. The fourth-order valence-corrected chi connectivity index (χ4v) is 9.00. The predicted octanol–water partition coefficient (Wildman–Crippen LogP) is 15.0. The van der Waals surface area contributed by atoms with Crippen molar-refractivity contribution in [2.24, 2.45) is 0 Å². The summed E-state index contributed by atoms with van der Waals surface area (Å²) < 4.78 is 0. The second kappa shape index (κ2) is 18.2. The quantitative estimate of drug-likeness (QED) is 0.149. The van der Waals surface area contributed by atoms with Crippen molar-refractivity contribution in [1.82, 2.24) is 20.3 Å². The van der Waals surface area contributed by atoms with Crippen molar-refractivity contribution in [3.05, 3.63) is 283 Å². The molecule has 1 N–H and O–H groups in total. The second-order valence-electron chi connectivity index (χ2n) is 16.4. The van der Waals surface area contributed by atoms with Crippen molar-refractivity contribution in [2.45, 2.75) is 6.04 Å². The number of hydrogen-bond acceptors (Lipinski definition) is 4. The molecule has 1 aromatic heterocycles. The van der Waals surface area contributed by atoms with Crippen molar-refractivity contribution >= 4 is 22.4 Å². The highest BCUT2D eigenvalue weighted by Crippen LogP contribution is 2.50. The van der Waals surface area contributed by atoms with Crippen LogP contribution in [0.1, 0.15) is 33.9 Å². The molecule has 66 heavy (non-hydrogen) atoms. The van der Waals surface area contributed by atoms with Crippen molar-refractivity contribution in [3.63, 3.8) is 0 Å². The van der Waals surface area contributed by atoms with E-state index in [1.807, 2.05) is 36.4 Å². The van der Waals surface area contributed by atoms with Crippen LogP contribution in [0.3, 0.4) is 0 Å². The number of aromatic nitrogens is 3. The van der Waals surface area contributed by atoms with E-state index in [1.54, 1.807) is 0 Å². The molecular weight excluding hydrogens is 801 g/mol. The lowest BCUT2D eigenvalue weighted by Gasteiger charge is -2.36. The largest absolute Gasteiger partial charge is 0.373 e. The Morgan fingerprint density at radius 2 is 0.606 bits per heavy atom. The number of benzene rings is 9. The summed E-state index contributed by atoms with van der Waals surface area (Å²) in [4.78, 5) is 15.1. The van der Waals surface area contributed by atoms with E-state index in [0.29, 0.717) is 17.5 Å². The molecule has 0 bridgehead atoms. The zero-order valence-electron chi connectivity index (χ0n) is 36.2. The van der Waals surface area contributed by atoms with E-state index in [2.05, 4.69) is 224 Å². The molecule has 2 heterocycles. The Kier molecular flexibility index (Phi) is 11.0. The van der Waals surface area contributed by atoms with Crippen molar-refractivity contribution in [2.75, 3.05) is 0 Å². The molecule has 4 heteroatoms. The summed E-state index contributed by atoms with van der Waals surface area (Å²) in [5.41, 5.74) is 17.8. The van der Waals surface area contributed by atoms with Crippen molar-refractivity contribution in [1.29, 1.82) is 0 Å². The van der Waals surface area contributed by atoms with Gasteiger partial charge in [-0.2, -0.15) is 0 Å². The Labute approximate surface area is 386 Å². The molecule has 0 aliphatic carbocycles. The summed E-state index contributed by atoms with van der Waals surface area (Å²) in [5, 5.41) is 4.08. The Balaban J connectivity index is 1.01. The Bertz CT molecular complexity index is 3310. The minimum absolute atomic E-state index is 0.107. The number of hydrogen-bond donors (Lipinski definition) is 1. The van der Waals surface area contributed by atoms with Crippen LogP contribution < -0.4 is 5.32 Å². The van der Waals surface area contributed by atoms with Gasteiger partial charge in [-0.1, -0.05) is 249 Å². The molecule has 9 aromatic carbocycles. The van der Waals surface area contributed by atoms with E-state index in [4.69, 9.17) is 15.0 Å². The van der Waals surface area contributed by atoms with Crippen LogP contribution in [0.25, 0.3) is 78.8 Å². The summed E-state index contributed by atoms with van der Waals surface area (Å²) in [6.45, 7) is 0. The molecule has 11 rings (SSSR count). The number of allylic oxidation sites excluding steroid dienone is 2. The molecule has 312 valence electrons. The topological polar surface area (TPSA) is 50.7 Å². The molecule has 1 aliphatic heterocycles. The van der Waals surface area contributed by atoms with Crippen LogP contribution >= 0.6 is 0 Å². The Hall–Kier alpha value is -8.73. The van der Waals surface area contributed by atoms with Gasteiger partial charge in [-0.05, 0) is 67.3 Å². The minimum Gasteiger partial charge on any atom is -0.373 e. The van der Waals surface area contributed by atoms with Gasteiger partial charge in [0, 0.05) is 22.3 Å². The van der Waals surface area contributed by atoms with Crippen LogP contribution in [-0.2, 0) is 0 Å². The van der Waals surface area contributed by atoms with Gasteiger partial charge in [0.05, 0.1) is 11.7 Å². The van der Waals surface area contributed by atoms with Gasteiger partial charge in [-0.15, -0.1) is 0 Å². The molecule has 0 amide bonds. The molecule has 1 atom stereocenters. The normalized spacial score (nSPS) is 13.6. The lowest BCUT2D eigenvalue weighted by Crippen LogP contribution is -2.27. The first-order valence-electron chi connectivity index (χ1n) is 22.4. The molecule has 1 aliphatic rings. The van der Waals surface area contributed by atoms with E-state index < -0.39 is 0 Å². The molecule has 4 nitrogen and oxygen atoms in total. The highest BCUT2D eigenvalue weighted by molar-refractivity contribution is 6.24. The van der Waals surface area contributed by atoms with Crippen molar-refractivity contribution in [3.8, 4) is 56.4 Å². The van der Waals surface area contributed by atoms with Gasteiger partial charge in [0.15, 0.2) is 17.5 Å².